The Bertz CT molecular complexity index is 601. The summed E-state index contributed by atoms with van der Waals surface area (Å²) in [7, 11) is 0. The van der Waals surface area contributed by atoms with E-state index in [9.17, 15) is 4.39 Å². The second-order valence-corrected chi connectivity index (χ2v) is 5.54. The minimum Gasteiger partial charge on any atom is -0.492 e. The molecule has 0 aliphatic carbocycles. The Morgan fingerprint density at radius 1 is 1.17 bits per heavy atom. The lowest BCUT2D eigenvalue weighted by Gasteiger charge is -2.26. The van der Waals surface area contributed by atoms with Crippen LogP contribution in [0.15, 0.2) is 48.5 Å². The van der Waals surface area contributed by atoms with E-state index in [0.29, 0.717) is 19.0 Å². The number of fused-ring (bicyclic) bond motifs is 1. The van der Waals surface area contributed by atoms with Gasteiger partial charge in [0.1, 0.15) is 18.2 Å². The molecule has 0 fully saturated rings. The van der Waals surface area contributed by atoms with Crippen molar-refractivity contribution in [2.45, 2.75) is 32.4 Å². The van der Waals surface area contributed by atoms with Gasteiger partial charge in [0.25, 0.3) is 0 Å². The normalized spacial score (nSPS) is 16.0. The number of ether oxygens (including phenoxy) is 1. The highest BCUT2D eigenvalue weighted by atomic mass is 19.1. The molecule has 1 heterocycles. The maximum atomic E-state index is 13.0. The van der Waals surface area contributed by atoms with Gasteiger partial charge in [-0.05, 0) is 36.1 Å². The maximum Gasteiger partial charge on any atom is 0.126 e. The second-order valence-electron chi connectivity index (χ2n) is 5.54. The molecule has 124 valence electrons. The van der Waals surface area contributed by atoms with Gasteiger partial charge in [0.15, 0.2) is 0 Å². The van der Waals surface area contributed by atoms with Crippen molar-refractivity contribution in [3.8, 4) is 5.75 Å². The largest absolute Gasteiger partial charge is 0.492 e. The lowest BCUT2D eigenvalue weighted by Crippen LogP contribution is -2.39. The predicted molar refractivity (Wildman–Crippen MR) is 90.0 cm³/mol. The van der Waals surface area contributed by atoms with Crippen LogP contribution in [0.4, 0.5) is 4.39 Å². The first-order valence-electron chi connectivity index (χ1n) is 8.02. The first kappa shape index (κ1) is 17.4. The molecule has 3 rings (SSSR count). The number of aliphatic hydroxyl groups excluding tert-OH is 1. The Kier molecular flexibility index (Phi) is 7.04. The summed E-state index contributed by atoms with van der Waals surface area (Å²) in [5, 5.41) is 11.3. The van der Waals surface area contributed by atoms with Crippen molar-refractivity contribution in [2.24, 2.45) is 0 Å². The minimum atomic E-state index is -0.264. The van der Waals surface area contributed by atoms with Crippen molar-refractivity contribution in [1.29, 1.82) is 0 Å². The van der Waals surface area contributed by atoms with Crippen molar-refractivity contribution in [3.05, 3.63) is 65.5 Å². The lowest BCUT2D eigenvalue weighted by atomic mass is 9.96. The fraction of sp³-hybridized carbons (Fsp3) is 0.368. The first-order valence-corrected chi connectivity index (χ1v) is 8.02. The summed E-state index contributed by atoms with van der Waals surface area (Å²) in [6.07, 6.45) is 1.82. The topological polar surface area (TPSA) is 41.5 Å². The molecule has 0 radical (unpaired) electrons. The van der Waals surface area contributed by atoms with Crippen LogP contribution < -0.4 is 10.1 Å². The van der Waals surface area contributed by atoms with Crippen molar-refractivity contribution in [1.82, 2.24) is 5.32 Å². The fourth-order valence-corrected chi connectivity index (χ4v) is 2.39. The van der Waals surface area contributed by atoms with Crippen molar-refractivity contribution >= 4 is 0 Å². The molecule has 3 nitrogen and oxygen atoms in total. The van der Waals surface area contributed by atoms with E-state index in [1.54, 1.807) is 12.1 Å². The van der Waals surface area contributed by atoms with Gasteiger partial charge in [-0.1, -0.05) is 37.3 Å². The Morgan fingerprint density at radius 2 is 1.91 bits per heavy atom. The zero-order chi connectivity index (χ0) is 16.5. The van der Waals surface area contributed by atoms with E-state index >= 15 is 0 Å². The molecule has 2 aromatic rings. The fourth-order valence-electron chi connectivity index (χ4n) is 2.39. The molecule has 0 saturated carbocycles. The van der Waals surface area contributed by atoms with E-state index in [1.165, 1.54) is 23.3 Å². The summed E-state index contributed by atoms with van der Waals surface area (Å²) in [4.78, 5) is 0. The molecule has 1 atom stereocenters. The third-order valence-corrected chi connectivity index (χ3v) is 3.64. The van der Waals surface area contributed by atoms with Crippen LogP contribution in [0.25, 0.3) is 0 Å². The van der Waals surface area contributed by atoms with Crippen LogP contribution in [0.1, 0.15) is 24.5 Å². The molecule has 0 bridgehead atoms. The molecular formula is C19H24FNO2. The van der Waals surface area contributed by atoms with E-state index < -0.39 is 0 Å². The van der Waals surface area contributed by atoms with Gasteiger partial charge in [-0.3, -0.25) is 0 Å². The highest BCUT2D eigenvalue weighted by molar-refractivity contribution is 5.30. The average Bonchev–Trinajstić information content (AvgIpc) is 2.60. The molecule has 0 saturated heterocycles. The summed E-state index contributed by atoms with van der Waals surface area (Å²) < 4.78 is 18.7. The highest BCUT2D eigenvalue weighted by Gasteiger charge is 2.17. The Balaban J connectivity index is 0.000000433. The second kappa shape index (κ2) is 9.28. The standard InChI is InChI=1S/C16H16FNO.C3H8O/c17-14-6-3-7-16(9-14)19-11-15-8-12-4-1-2-5-13(12)10-18-15;1-2-3-4/h1-7,9,15,18H,8,10-11H2;4H,2-3H2,1H3. The molecule has 1 aliphatic heterocycles. The Morgan fingerprint density at radius 3 is 2.61 bits per heavy atom. The SMILES string of the molecule is CCCO.Fc1cccc(OCC2Cc3ccccc3CN2)c1. The van der Waals surface area contributed by atoms with E-state index in [4.69, 9.17) is 9.84 Å². The predicted octanol–water partition coefficient (Wildman–Crippen LogP) is 3.31. The minimum absolute atomic E-state index is 0.264. The smallest absolute Gasteiger partial charge is 0.126 e. The van der Waals surface area contributed by atoms with Gasteiger partial charge >= 0.3 is 0 Å². The number of halogens is 1. The van der Waals surface area contributed by atoms with Crippen LogP contribution in [-0.4, -0.2) is 24.4 Å². The molecule has 2 aromatic carbocycles. The van der Waals surface area contributed by atoms with Gasteiger partial charge in [0, 0.05) is 25.3 Å². The van der Waals surface area contributed by atoms with Crippen molar-refractivity contribution in [3.63, 3.8) is 0 Å². The van der Waals surface area contributed by atoms with Crippen LogP contribution in [0.2, 0.25) is 0 Å². The number of nitrogens with one attached hydrogen (secondary N) is 1. The lowest BCUT2D eigenvalue weighted by molar-refractivity contribution is 0.255. The molecule has 0 spiro atoms. The number of benzene rings is 2. The number of aliphatic hydroxyl groups is 1. The van der Waals surface area contributed by atoms with Crippen LogP contribution in [0.3, 0.4) is 0 Å². The van der Waals surface area contributed by atoms with Gasteiger partial charge in [-0.2, -0.15) is 0 Å². The number of rotatable bonds is 4. The maximum absolute atomic E-state index is 13.0. The van der Waals surface area contributed by atoms with Crippen LogP contribution >= 0.6 is 0 Å². The van der Waals surface area contributed by atoms with Gasteiger partial charge in [-0.25, -0.2) is 4.39 Å². The number of hydrogen-bond donors (Lipinski definition) is 2. The summed E-state index contributed by atoms with van der Waals surface area (Å²) in [5.41, 5.74) is 2.72. The zero-order valence-electron chi connectivity index (χ0n) is 13.5. The molecule has 23 heavy (non-hydrogen) atoms. The molecule has 0 aromatic heterocycles. The van der Waals surface area contributed by atoms with Gasteiger partial charge < -0.3 is 15.2 Å². The summed E-state index contributed by atoms with van der Waals surface area (Å²) in [6, 6.07) is 15.0. The van der Waals surface area contributed by atoms with Crippen LogP contribution in [-0.2, 0) is 13.0 Å². The summed E-state index contributed by atoms with van der Waals surface area (Å²) in [6.45, 7) is 3.67. The highest BCUT2D eigenvalue weighted by Crippen LogP contribution is 2.18. The monoisotopic (exact) mass is 317 g/mol. The molecular weight excluding hydrogens is 293 g/mol. The van der Waals surface area contributed by atoms with Gasteiger partial charge in [-0.15, -0.1) is 0 Å². The summed E-state index contributed by atoms with van der Waals surface area (Å²) in [5.74, 6) is 0.320. The Labute approximate surface area is 137 Å². The number of hydrogen-bond acceptors (Lipinski definition) is 3. The molecule has 0 amide bonds. The van der Waals surface area contributed by atoms with Gasteiger partial charge in [0.2, 0.25) is 0 Å². The molecule has 2 N–H and O–H groups in total. The van der Waals surface area contributed by atoms with Crippen molar-refractivity contribution < 1.29 is 14.2 Å². The molecule has 1 aliphatic rings. The van der Waals surface area contributed by atoms with E-state index in [-0.39, 0.29) is 11.9 Å². The van der Waals surface area contributed by atoms with Crippen LogP contribution in [0, 0.1) is 5.82 Å². The summed E-state index contributed by atoms with van der Waals surface area (Å²) >= 11 is 0. The van der Waals surface area contributed by atoms with Crippen molar-refractivity contribution in [2.75, 3.05) is 13.2 Å². The van der Waals surface area contributed by atoms with Crippen LogP contribution in [0.5, 0.6) is 5.75 Å². The quantitative estimate of drug-likeness (QED) is 0.909. The molecule has 1 unspecified atom stereocenters. The first-order chi connectivity index (χ1) is 11.2. The zero-order valence-corrected chi connectivity index (χ0v) is 13.5. The molecule has 4 heteroatoms. The third-order valence-electron chi connectivity index (χ3n) is 3.64. The average molecular weight is 317 g/mol. The van der Waals surface area contributed by atoms with E-state index in [1.807, 2.05) is 6.92 Å². The van der Waals surface area contributed by atoms with E-state index in [0.717, 1.165) is 19.4 Å². The Hall–Kier alpha value is -1.91. The van der Waals surface area contributed by atoms with Gasteiger partial charge in [0.05, 0.1) is 0 Å². The third kappa shape index (κ3) is 5.66. The van der Waals surface area contributed by atoms with E-state index in [2.05, 4.69) is 29.6 Å².